The number of rotatable bonds is 5. The van der Waals surface area contributed by atoms with Gasteiger partial charge in [0.15, 0.2) is 5.65 Å². The van der Waals surface area contributed by atoms with Crippen LogP contribution in [0.1, 0.15) is 44.9 Å². The van der Waals surface area contributed by atoms with Crippen molar-refractivity contribution in [3.05, 3.63) is 51.9 Å². The van der Waals surface area contributed by atoms with Gasteiger partial charge in [0.05, 0.1) is 23.6 Å². The lowest BCUT2D eigenvalue weighted by atomic mass is 9.97. The summed E-state index contributed by atoms with van der Waals surface area (Å²) in [5.41, 5.74) is 4.60. The van der Waals surface area contributed by atoms with Gasteiger partial charge in [-0.3, -0.25) is 13.3 Å². The van der Waals surface area contributed by atoms with E-state index in [1.807, 2.05) is 37.3 Å². The molecule has 30 heavy (non-hydrogen) atoms. The normalized spacial score (nSPS) is 13.7. The Balaban J connectivity index is 2.11. The quantitative estimate of drug-likeness (QED) is 0.574. The van der Waals surface area contributed by atoms with Gasteiger partial charge in [-0.1, -0.05) is 32.9 Å². The summed E-state index contributed by atoms with van der Waals surface area (Å²) in [7, 11) is -1.84. The maximum atomic E-state index is 12.8. The summed E-state index contributed by atoms with van der Waals surface area (Å²) < 4.78 is 31.4. The van der Waals surface area contributed by atoms with Crippen LogP contribution in [0.2, 0.25) is 0 Å². The molecule has 2 heterocycles. The van der Waals surface area contributed by atoms with Gasteiger partial charge in [0.25, 0.3) is 10.1 Å². The van der Waals surface area contributed by atoms with E-state index in [4.69, 9.17) is 9.17 Å². The molecule has 0 bridgehead atoms. The number of imidazole rings is 1. The van der Waals surface area contributed by atoms with Crippen molar-refractivity contribution >= 4 is 21.3 Å². The van der Waals surface area contributed by atoms with Crippen LogP contribution < -0.4 is 5.69 Å². The van der Waals surface area contributed by atoms with Crippen LogP contribution in [0.3, 0.4) is 0 Å². The van der Waals surface area contributed by atoms with Crippen LogP contribution in [0.4, 0.5) is 0 Å². The molecule has 0 saturated heterocycles. The van der Waals surface area contributed by atoms with E-state index in [1.54, 1.807) is 23.1 Å². The fraction of sp³-hybridized carbons (Fsp3) is 0.455. The van der Waals surface area contributed by atoms with Crippen LogP contribution in [0, 0.1) is 12.3 Å². The van der Waals surface area contributed by atoms with Crippen LogP contribution >= 0.6 is 0 Å². The van der Waals surface area contributed by atoms with E-state index in [9.17, 15) is 13.2 Å². The number of hydrogen-bond acceptors (Lipinski definition) is 5. The van der Waals surface area contributed by atoms with E-state index in [-0.39, 0.29) is 11.1 Å². The molecule has 0 aliphatic rings. The minimum absolute atomic E-state index is 0.0442. The largest absolute Gasteiger partial charge is 0.330 e. The maximum absolute atomic E-state index is 12.8. The van der Waals surface area contributed by atoms with E-state index in [2.05, 4.69) is 20.8 Å². The van der Waals surface area contributed by atoms with Gasteiger partial charge in [-0.2, -0.15) is 8.42 Å². The summed E-state index contributed by atoms with van der Waals surface area (Å²) in [4.78, 5) is 17.5. The molecule has 1 unspecified atom stereocenters. The molecule has 8 heteroatoms. The first kappa shape index (κ1) is 22.2. The summed E-state index contributed by atoms with van der Waals surface area (Å²) in [6.07, 6.45) is 0.428. The summed E-state index contributed by atoms with van der Waals surface area (Å²) in [5.74, 6) is 0. The van der Waals surface area contributed by atoms with Crippen molar-refractivity contribution in [1.82, 2.24) is 14.1 Å². The third-order valence-corrected chi connectivity index (χ3v) is 5.58. The van der Waals surface area contributed by atoms with Crippen molar-refractivity contribution in [2.24, 2.45) is 12.5 Å². The van der Waals surface area contributed by atoms with Gasteiger partial charge < -0.3 is 0 Å². The number of aromatic nitrogens is 3. The molecule has 2 aromatic heterocycles. The number of fused-ring (bicyclic) bond motifs is 1. The highest BCUT2D eigenvalue weighted by molar-refractivity contribution is 7.86. The molecule has 0 amide bonds. The number of benzene rings is 1. The average molecular weight is 432 g/mol. The first-order valence-corrected chi connectivity index (χ1v) is 11.6. The average Bonchev–Trinajstić information content (AvgIpc) is 2.84. The van der Waals surface area contributed by atoms with Gasteiger partial charge in [-0.15, -0.1) is 0 Å². The van der Waals surface area contributed by atoms with E-state index < -0.39 is 16.2 Å². The Morgan fingerprint density at radius 3 is 2.43 bits per heavy atom. The van der Waals surface area contributed by atoms with Crippen LogP contribution in [0.15, 0.2) is 35.1 Å². The Morgan fingerprint density at radius 1 is 1.17 bits per heavy atom. The molecule has 0 radical (unpaired) electrons. The summed E-state index contributed by atoms with van der Waals surface area (Å²) >= 11 is 0. The molecule has 0 saturated carbocycles. The fourth-order valence-electron chi connectivity index (χ4n) is 3.54. The van der Waals surface area contributed by atoms with Crippen LogP contribution in [0.5, 0.6) is 0 Å². The molecule has 0 aliphatic carbocycles. The predicted molar refractivity (Wildman–Crippen MR) is 119 cm³/mol. The van der Waals surface area contributed by atoms with Crippen LogP contribution in [-0.2, 0) is 27.9 Å². The van der Waals surface area contributed by atoms with Crippen molar-refractivity contribution in [2.45, 2.75) is 47.3 Å². The molecular formula is C22H29N3O4S. The smallest absolute Gasteiger partial charge is 0.290 e. The molecule has 162 valence electrons. The van der Waals surface area contributed by atoms with Crippen molar-refractivity contribution in [2.75, 3.05) is 6.26 Å². The van der Waals surface area contributed by atoms with Gasteiger partial charge >= 0.3 is 5.69 Å². The number of hydrogen-bond donors (Lipinski definition) is 0. The molecule has 1 aromatic carbocycles. The van der Waals surface area contributed by atoms with Crippen LogP contribution in [-0.4, -0.2) is 28.8 Å². The van der Waals surface area contributed by atoms with Crippen molar-refractivity contribution in [1.29, 1.82) is 0 Å². The Kier molecular flexibility index (Phi) is 5.68. The van der Waals surface area contributed by atoms with Crippen molar-refractivity contribution in [3.8, 4) is 11.3 Å². The van der Waals surface area contributed by atoms with Crippen molar-refractivity contribution < 1.29 is 12.6 Å². The minimum atomic E-state index is -3.57. The molecule has 3 aromatic rings. The fourth-order valence-corrected chi connectivity index (χ4v) is 4.17. The lowest BCUT2D eigenvalue weighted by Crippen LogP contribution is -2.27. The highest BCUT2D eigenvalue weighted by Gasteiger charge is 2.20. The van der Waals surface area contributed by atoms with E-state index in [0.717, 1.165) is 34.2 Å². The molecule has 1 atom stereocenters. The molecule has 3 rings (SSSR count). The van der Waals surface area contributed by atoms with Gasteiger partial charge in [-0.05, 0) is 48.6 Å². The number of pyridine rings is 1. The van der Waals surface area contributed by atoms with Gasteiger partial charge in [-0.25, -0.2) is 9.78 Å². The summed E-state index contributed by atoms with van der Waals surface area (Å²) in [5, 5.41) is 0. The SMILES string of the molecule is Cc1ccc(C(C)OS(C)(=O)=O)cc1-c1ccc2c(n1)n(C)c(=O)n2CC(C)(C)C. The molecule has 0 N–H and O–H groups in total. The van der Waals surface area contributed by atoms with Crippen molar-refractivity contribution in [3.63, 3.8) is 0 Å². The van der Waals surface area contributed by atoms with E-state index in [1.165, 1.54) is 0 Å². The summed E-state index contributed by atoms with van der Waals surface area (Å²) in [6.45, 7) is 10.5. The van der Waals surface area contributed by atoms with Gasteiger partial charge in [0.2, 0.25) is 0 Å². The Morgan fingerprint density at radius 2 is 1.83 bits per heavy atom. The second-order valence-corrected chi connectivity index (χ2v) is 10.6. The molecule has 0 aliphatic heterocycles. The Bertz CT molecular complexity index is 1260. The maximum Gasteiger partial charge on any atom is 0.330 e. The zero-order valence-electron chi connectivity index (χ0n) is 18.6. The zero-order valence-corrected chi connectivity index (χ0v) is 19.4. The Labute approximate surface area is 177 Å². The standard InChI is InChI=1S/C22H29N3O4S/c1-14-8-9-16(15(2)29-30(7,27)28)12-17(14)18-10-11-19-20(23-18)24(6)21(26)25(19)13-22(3,4)5/h8-12,15H,13H2,1-7H3. The third kappa shape index (κ3) is 4.65. The molecule has 7 nitrogen and oxygen atoms in total. The number of nitrogens with zero attached hydrogens (tertiary/aromatic N) is 3. The lowest BCUT2D eigenvalue weighted by molar-refractivity contribution is 0.237. The van der Waals surface area contributed by atoms with Gasteiger partial charge in [0.1, 0.15) is 0 Å². The third-order valence-electron chi connectivity index (χ3n) is 4.94. The lowest BCUT2D eigenvalue weighted by Gasteiger charge is -2.18. The molecule has 0 fully saturated rings. The highest BCUT2D eigenvalue weighted by Crippen LogP contribution is 2.29. The minimum Gasteiger partial charge on any atom is -0.290 e. The molecule has 0 spiro atoms. The predicted octanol–water partition coefficient (Wildman–Crippen LogP) is 3.79. The monoisotopic (exact) mass is 431 g/mol. The highest BCUT2D eigenvalue weighted by atomic mass is 32.2. The second-order valence-electron chi connectivity index (χ2n) is 9.04. The first-order chi connectivity index (χ1) is 13.8. The van der Waals surface area contributed by atoms with Crippen LogP contribution in [0.25, 0.3) is 22.4 Å². The molecular weight excluding hydrogens is 402 g/mol. The first-order valence-electron chi connectivity index (χ1n) is 9.82. The second kappa shape index (κ2) is 7.67. The van der Waals surface area contributed by atoms with Gasteiger partial charge in [0, 0.05) is 19.2 Å². The van der Waals surface area contributed by atoms with E-state index in [0.29, 0.717) is 12.2 Å². The zero-order chi connectivity index (χ0) is 22.4. The van der Waals surface area contributed by atoms with E-state index >= 15 is 0 Å². The topological polar surface area (TPSA) is 83.2 Å². The number of aryl methyl sites for hydroxylation is 2. The Hall–Kier alpha value is -2.45. The summed E-state index contributed by atoms with van der Waals surface area (Å²) in [6, 6.07) is 9.48.